The summed E-state index contributed by atoms with van der Waals surface area (Å²) in [5, 5.41) is 28.7. The van der Waals surface area contributed by atoms with Crippen LogP contribution in [0.3, 0.4) is 0 Å². The molecule has 0 radical (unpaired) electrons. The molecular weight excluding hydrogens is 630 g/mol. The first-order valence-corrected chi connectivity index (χ1v) is 18.1. The highest BCUT2D eigenvalue weighted by atomic mass is 32.1. The van der Waals surface area contributed by atoms with Crippen molar-refractivity contribution in [3.8, 4) is 0 Å². The van der Waals surface area contributed by atoms with Crippen LogP contribution in [0.25, 0.3) is 0 Å². The third-order valence-corrected chi connectivity index (χ3v) is 10.6. The van der Waals surface area contributed by atoms with E-state index < -0.39 is 36.0 Å². The number of carboxylic acids is 1. The molecule has 4 N–H and O–H groups in total. The average Bonchev–Trinajstić information content (AvgIpc) is 3.56. The van der Waals surface area contributed by atoms with Gasteiger partial charge in [-0.05, 0) is 56.7 Å². The maximum absolute atomic E-state index is 14.0. The van der Waals surface area contributed by atoms with E-state index in [0.29, 0.717) is 17.8 Å². The molecular formula is C36H55N5O6S. The lowest BCUT2D eigenvalue weighted by Gasteiger charge is -2.38. The van der Waals surface area contributed by atoms with E-state index in [1.807, 2.05) is 65.1 Å². The second kappa shape index (κ2) is 18.4. The number of aliphatic hydroxyl groups is 1. The van der Waals surface area contributed by atoms with Crippen molar-refractivity contribution in [2.45, 2.75) is 110 Å². The summed E-state index contributed by atoms with van der Waals surface area (Å²) in [6.07, 6.45) is 3.41. The monoisotopic (exact) mass is 685 g/mol. The van der Waals surface area contributed by atoms with Gasteiger partial charge in [0.05, 0.1) is 12.0 Å². The number of rotatable bonds is 17. The normalized spacial score (nSPS) is 19.1. The van der Waals surface area contributed by atoms with Crippen molar-refractivity contribution in [3.05, 3.63) is 52.0 Å². The second-order valence-corrected chi connectivity index (χ2v) is 14.7. The molecule has 1 aromatic heterocycles. The van der Waals surface area contributed by atoms with Gasteiger partial charge in [0.25, 0.3) is 5.91 Å². The van der Waals surface area contributed by atoms with Gasteiger partial charge in [0.15, 0.2) is 0 Å². The fraction of sp³-hybridized carbons (Fsp3) is 0.639. The Morgan fingerprint density at radius 3 is 2.35 bits per heavy atom. The van der Waals surface area contributed by atoms with Gasteiger partial charge >= 0.3 is 5.97 Å². The number of carbonyl (C=O) groups excluding carboxylic acids is 3. The molecule has 7 atom stereocenters. The predicted octanol–water partition coefficient (Wildman–Crippen LogP) is 4.52. The number of aromatic nitrogens is 1. The minimum atomic E-state index is -1.03. The van der Waals surface area contributed by atoms with Crippen LogP contribution in [-0.2, 0) is 20.8 Å². The number of thiazole rings is 1. The summed E-state index contributed by atoms with van der Waals surface area (Å²) in [7, 11) is 3.67. The maximum atomic E-state index is 14.0. The molecule has 1 aromatic carbocycles. The lowest BCUT2D eigenvalue weighted by atomic mass is 9.92. The van der Waals surface area contributed by atoms with Crippen molar-refractivity contribution in [1.82, 2.24) is 25.4 Å². The van der Waals surface area contributed by atoms with E-state index in [1.54, 1.807) is 24.3 Å². The fourth-order valence-electron chi connectivity index (χ4n) is 6.35. The Kier molecular flexibility index (Phi) is 15.0. The van der Waals surface area contributed by atoms with Crippen molar-refractivity contribution in [3.63, 3.8) is 0 Å². The lowest BCUT2D eigenvalue weighted by Crippen LogP contribution is -2.58. The van der Waals surface area contributed by atoms with Gasteiger partial charge in [-0.15, -0.1) is 11.3 Å². The molecule has 11 nitrogen and oxygen atoms in total. The van der Waals surface area contributed by atoms with Crippen LogP contribution in [0.1, 0.15) is 100 Å². The predicted molar refractivity (Wildman–Crippen MR) is 188 cm³/mol. The second-order valence-electron chi connectivity index (χ2n) is 13.8. The van der Waals surface area contributed by atoms with Crippen molar-refractivity contribution in [2.24, 2.45) is 17.8 Å². The molecule has 3 rings (SSSR count). The molecule has 0 spiro atoms. The van der Waals surface area contributed by atoms with E-state index in [4.69, 9.17) is 0 Å². The number of aliphatic carboxylic acids is 1. The third kappa shape index (κ3) is 10.8. The van der Waals surface area contributed by atoms with E-state index in [-0.39, 0.29) is 54.3 Å². The van der Waals surface area contributed by atoms with Gasteiger partial charge in [-0.2, -0.15) is 0 Å². The molecule has 0 bridgehead atoms. The Bertz CT molecular complexity index is 1350. The Hall–Kier alpha value is -3.35. The highest BCUT2D eigenvalue weighted by Gasteiger charge is 2.36. The Morgan fingerprint density at radius 1 is 1.06 bits per heavy atom. The summed E-state index contributed by atoms with van der Waals surface area (Å²) in [5.74, 6) is -2.43. The molecule has 1 fully saturated rings. The van der Waals surface area contributed by atoms with Crippen LogP contribution in [0.4, 0.5) is 0 Å². The van der Waals surface area contributed by atoms with Gasteiger partial charge in [0.1, 0.15) is 22.8 Å². The number of hydrogen-bond donors (Lipinski definition) is 4. The van der Waals surface area contributed by atoms with Gasteiger partial charge in [-0.3, -0.25) is 24.1 Å². The maximum Gasteiger partial charge on any atom is 0.306 e. The quantitative estimate of drug-likeness (QED) is 0.190. The average molecular weight is 686 g/mol. The molecule has 2 heterocycles. The summed E-state index contributed by atoms with van der Waals surface area (Å²) in [6.45, 7) is 10.4. The first-order chi connectivity index (χ1) is 22.7. The van der Waals surface area contributed by atoms with E-state index >= 15 is 0 Å². The van der Waals surface area contributed by atoms with Crippen molar-refractivity contribution in [1.29, 1.82) is 0 Å². The molecule has 12 heteroatoms. The van der Waals surface area contributed by atoms with Crippen molar-refractivity contribution < 1.29 is 29.4 Å². The molecule has 1 aliphatic heterocycles. The van der Waals surface area contributed by atoms with Crippen LogP contribution < -0.4 is 10.6 Å². The first-order valence-electron chi connectivity index (χ1n) is 17.2. The van der Waals surface area contributed by atoms with E-state index in [2.05, 4.69) is 20.5 Å². The molecule has 1 saturated heterocycles. The molecule has 48 heavy (non-hydrogen) atoms. The van der Waals surface area contributed by atoms with Gasteiger partial charge in [0, 0.05) is 30.9 Å². The van der Waals surface area contributed by atoms with E-state index in [1.165, 1.54) is 11.3 Å². The highest BCUT2D eigenvalue weighted by molar-refractivity contribution is 7.09. The number of nitrogens with zero attached hydrogens (tertiary/aromatic N) is 3. The number of benzene rings is 1. The Morgan fingerprint density at radius 2 is 1.75 bits per heavy atom. The Balaban J connectivity index is 1.70. The molecule has 0 aliphatic carbocycles. The highest BCUT2D eigenvalue weighted by Crippen LogP contribution is 2.28. The number of hydrogen-bond acceptors (Lipinski definition) is 8. The number of carboxylic acid groups (broad SMARTS) is 1. The van der Waals surface area contributed by atoms with Crippen molar-refractivity contribution in [2.75, 3.05) is 20.6 Å². The summed E-state index contributed by atoms with van der Waals surface area (Å²) in [4.78, 5) is 60.2. The summed E-state index contributed by atoms with van der Waals surface area (Å²) < 4.78 is 0. The van der Waals surface area contributed by atoms with Crippen LogP contribution in [0.2, 0.25) is 0 Å². The standard InChI is InChI=1S/C36H55N5O6S/c1-8-23(4)31(39-33(44)28-16-12-13-17-40(28)6)35(45)41(7)29(22(2)3)20-30(42)34-38-27(21-48-34)32(43)37-26(18-24(5)36(46)47)19-25-14-10-9-11-15-25/h9-11,14-15,21-24,26,28-31,42H,8,12-13,16-20H2,1-7H3,(H,37,43)(H,39,44)(H,46,47)/t23-,24-,26+,28-,29?,30?,31-/m0/s1. The molecule has 3 amide bonds. The van der Waals surface area contributed by atoms with Crippen LogP contribution in [-0.4, -0.2) is 93.5 Å². The first kappa shape index (κ1) is 39.1. The van der Waals surface area contributed by atoms with Gasteiger partial charge in [-0.1, -0.05) is 77.8 Å². The molecule has 1 aliphatic rings. The van der Waals surface area contributed by atoms with Gasteiger partial charge in [0.2, 0.25) is 11.8 Å². The Labute approximate surface area is 289 Å². The smallest absolute Gasteiger partial charge is 0.306 e. The summed E-state index contributed by atoms with van der Waals surface area (Å²) >= 11 is 1.17. The molecule has 2 aromatic rings. The number of carbonyl (C=O) groups is 4. The van der Waals surface area contributed by atoms with Crippen LogP contribution in [0.15, 0.2) is 35.7 Å². The summed E-state index contributed by atoms with van der Waals surface area (Å²) in [6, 6.07) is 7.83. The number of aliphatic hydroxyl groups excluding tert-OH is 1. The van der Waals surface area contributed by atoms with E-state index in [0.717, 1.165) is 31.4 Å². The van der Waals surface area contributed by atoms with E-state index in [9.17, 15) is 29.4 Å². The van der Waals surface area contributed by atoms with Crippen LogP contribution in [0, 0.1) is 17.8 Å². The van der Waals surface area contributed by atoms with Gasteiger partial charge in [-0.25, -0.2) is 4.98 Å². The largest absolute Gasteiger partial charge is 0.481 e. The fourth-order valence-corrected chi connectivity index (χ4v) is 7.15. The third-order valence-electron chi connectivity index (χ3n) is 9.69. The van der Waals surface area contributed by atoms with Crippen molar-refractivity contribution >= 4 is 35.0 Å². The zero-order chi connectivity index (χ0) is 35.5. The zero-order valence-corrected chi connectivity index (χ0v) is 30.3. The number of nitrogens with one attached hydrogen (secondary N) is 2. The zero-order valence-electron chi connectivity index (χ0n) is 29.5. The van der Waals surface area contributed by atoms with Gasteiger partial charge < -0.3 is 25.7 Å². The minimum Gasteiger partial charge on any atom is -0.481 e. The topological polar surface area (TPSA) is 152 Å². The summed E-state index contributed by atoms with van der Waals surface area (Å²) in [5.41, 5.74) is 1.12. The SMILES string of the molecule is CC[C@H](C)[C@H](NC(=O)[C@@H]1CCCCN1C)C(=O)N(C)C(CC(O)c1nc(C(=O)N[C@@H](Cc2ccccc2)C[C@H](C)C(=O)O)cs1)C(C)C. The molecule has 2 unspecified atom stereocenters. The van der Waals surface area contributed by atoms with Crippen LogP contribution in [0.5, 0.6) is 0 Å². The lowest BCUT2D eigenvalue weighted by molar-refractivity contribution is -0.141. The number of piperidine rings is 1. The molecule has 266 valence electrons. The minimum absolute atomic E-state index is 0.0101. The number of likely N-dealkylation sites (tertiary alicyclic amines) is 1. The van der Waals surface area contributed by atoms with Crippen LogP contribution >= 0.6 is 11.3 Å². The number of likely N-dealkylation sites (N-methyl/N-ethyl adjacent to an activating group) is 2. The molecule has 0 saturated carbocycles. The number of amides is 3.